The molecule has 0 amide bonds. The fraction of sp³-hybridized carbons (Fsp3) is 0.0500. The van der Waals surface area contributed by atoms with Crippen LogP contribution in [0.15, 0.2) is 86.3 Å². The normalized spacial score (nSPS) is 11.8. The van der Waals surface area contributed by atoms with Crippen LogP contribution in [-0.2, 0) is 19.7 Å². The molecule has 0 fully saturated rings. The summed E-state index contributed by atoms with van der Waals surface area (Å²) < 4.78 is 70.0. The number of hydrogen-bond acceptors (Lipinski definition) is 6. The van der Waals surface area contributed by atoms with Gasteiger partial charge in [0.25, 0.3) is 0 Å². The first-order valence-electron chi connectivity index (χ1n) is 8.35. The smallest absolute Gasteiger partial charge is 0.337 e. The van der Waals surface area contributed by atoms with Gasteiger partial charge >= 0.3 is 5.97 Å². The molecule has 0 saturated carbocycles. The number of rotatable bonds is 6. The van der Waals surface area contributed by atoms with Gasteiger partial charge in [-0.1, -0.05) is 18.2 Å². The third-order valence-electron chi connectivity index (χ3n) is 4.27. The molecule has 1 N–H and O–H groups in total. The summed E-state index contributed by atoms with van der Waals surface area (Å²) in [7, 11) is -7.31. The van der Waals surface area contributed by atoms with Crippen molar-refractivity contribution >= 4 is 25.6 Å². The van der Waals surface area contributed by atoms with Gasteiger partial charge in [-0.3, -0.25) is 0 Å². The van der Waals surface area contributed by atoms with Crippen LogP contribution in [0.1, 0.15) is 10.4 Å². The van der Waals surface area contributed by atoms with Gasteiger partial charge in [0, 0.05) is 0 Å². The summed E-state index contributed by atoms with van der Waals surface area (Å²) in [6.07, 6.45) is 0. The van der Waals surface area contributed by atoms with Crippen LogP contribution in [0.3, 0.4) is 0 Å². The minimum absolute atomic E-state index is 0.139. The van der Waals surface area contributed by atoms with E-state index in [9.17, 15) is 31.1 Å². The Kier molecular flexibility index (Phi) is 5.64. The molecular weight excluding hydrogens is 435 g/mol. The Hall–Kier alpha value is -3.24. The first-order chi connectivity index (χ1) is 14.1. The van der Waals surface area contributed by atoms with Crippen LogP contribution >= 0.6 is 0 Å². The van der Waals surface area contributed by atoms with Crippen molar-refractivity contribution < 1.29 is 35.9 Å². The maximum Gasteiger partial charge on any atom is 0.337 e. The number of methoxy groups -OCH3 is 1. The van der Waals surface area contributed by atoms with Crippen molar-refractivity contribution in [2.75, 3.05) is 7.11 Å². The van der Waals surface area contributed by atoms with Crippen molar-refractivity contribution in [1.29, 1.82) is 0 Å². The first-order valence-corrected chi connectivity index (χ1v) is 11.3. The van der Waals surface area contributed by atoms with E-state index in [1.54, 1.807) is 6.07 Å². The second-order valence-electron chi connectivity index (χ2n) is 6.08. The van der Waals surface area contributed by atoms with Crippen molar-refractivity contribution in [3.05, 3.63) is 78.1 Å². The third kappa shape index (κ3) is 3.79. The van der Waals surface area contributed by atoms with Gasteiger partial charge < -0.3 is 9.84 Å². The fourth-order valence-electron chi connectivity index (χ4n) is 2.75. The van der Waals surface area contributed by atoms with Gasteiger partial charge in [0.15, 0.2) is 11.6 Å². The van der Waals surface area contributed by atoms with Gasteiger partial charge in [-0.2, -0.15) is 0 Å². The highest BCUT2D eigenvalue weighted by Gasteiger charge is 2.28. The van der Waals surface area contributed by atoms with Crippen LogP contribution in [0.4, 0.5) is 4.39 Å². The van der Waals surface area contributed by atoms with E-state index in [4.69, 9.17) is 4.74 Å². The highest BCUT2D eigenvalue weighted by molar-refractivity contribution is 7.92. The van der Waals surface area contributed by atoms with Gasteiger partial charge in [0.2, 0.25) is 19.7 Å². The molecule has 0 aliphatic rings. The zero-order chi connectivity index (χ0) is 22.1. The zero-order valence-electron chi connectivity index (χ0n) is 15.4. The molecule has 0 unspecified atom stereocenters. The number of hydrogen-bond donors (Lipinski definition) is 1. The van der Waals surface area contributed by atoms with Crippen LogP contribution in [0.2, 0.25) is 0 Å². The first kappa shape index (κ1) is 21.5. The summed E-state index contributed by atoms with van der Waals surface area (Å²) in [4.78, 5) is 10.1. The molecule has 3 aromatic rings. The molecule has 0 aliphatic heterocycles. The third-order valence-corrected chi connectivity index (χ3v) is 7.85. The number of carbonyl (C=O) groups is 1. The molecule has 30 heavy (non-hydrogen) atoms. The highest BCUT2D eigenvalue weighted by Crippen LogP contribution is 2.30. The number of carboxylic acids is 1. The Balaban J connectivity index is 2.16. The average Bonchev–Trinajstić information content (AvgIpc) is 2.73. The van der Waals surface area contributed by atoms with Gasteiger partial charge in [-0.05, 0) is 48.5 Å². The molecule has 0 saturated heterocycles. The summed E-state index contributed by atoms with van der Waals surface area (Å²) >= 11 is 0. The average molecular weight is 450 g/mol. The molecule has 10 heteroatoms. The monoisotopic (exact) mass is 450 g/mol. The number of sulfone groups is 2. The fourth-order valence-corrected chi connectivity index (χ4v) is 5.51. The van der Waals surface area contributed by atoms with Crippen LogP contribution in [0, 0.1) is 5.82 Å². The summed E-state index contributed by atoms with van der Waals surface area (Å²) in [6, 6.07) is 12.7. The van der Waals surface area contributed by atoms with E-state index < -0.39 is 51.7 Å². The second kappa shape index (κ2) is 7.88. The van der Waals surface area contributed by atoms with Gasteiger partial charge in [0.05, 0.1) is 32.3 Å². The lowest BCUT2D eigenvalue weighted by Crippen LogP contribution is -2.12. The van der Waals surface area contributed by atoms with Gasteiger partial charge in [-0.15, -0.1) is 0 Å². The molecule has 0 bridgehead atoms. The standard InChI is InChI=1S/C20H15FO7S2/c1-28-18-9-7-15(12-17(18)21)29(24,25)14-8-10-19(16(11-14)20(22)23)30(26,27)13-5-3-2-4-6-13/h2-12H,1H3,(H,22,23). The van der Waals surface area contributed by atoms with Crippen molar-refractivity contribution in [1.82, 2.24) is 0 Å². The minimum Gasteiger partial charge on any atom is -0.494 e. The lowest BCUT2D eigenvalue weighted by molar-refractivity contribution is 0.0692. The predicted molar refractivity (Wildman–Crippen MR) is 104 cm³/mol. The van der Waals surface area contributed by atoms with Crippen molar-refractivity contribution in [2.45, 2.75) is 19.6 Å². The summed E-state index contributed by atoms with van der Waals surface area (Å²) in [5.41, 5.74) is -0.714. The number of ether oxygens (including phenoxy) is 1. The van der Waals surface area contributed by atoms with Crippen molar-refractivity contribution in [3.63, 3.8) is 0 Å². The highest BCUT2D eigenvalue weighted by atomic mass is 32.2. The molecule has 156 valence electrons. The Bertz CT molecular complexity index is 1330. The van der Waals surface area contributed by atoms with Crippen LogP contribution in [0.5, 0.6) is 5.75 Å². The topological polar surface area (TPSA) is 115 Å². The molecule has 0 aliphatic carbocycles. The Morgan fingerprint density at radius 2 is 1.43 bits per heavy atom. The number of benzene rings is 3. The van der Waals surface area contributed by atoms with E-state index in [1.807, 2.05) is 0 Å². The maximum absolute atomic E-state index is 13.9. The maximum atomic E-state index is 13.9. The molecule has 3 rings (SSSR count). The molecule has 3 aromatic carbocycles. The minimum atomic E-state index is -4.32. The van der Waals surface area contributed by atoms with E-state index in [0.717, 1.165) is 36.4 Å². The largest absolute Gasteiger partial charge is 0.494 e. The van der Waals surface area contributed by atoms with E-state index in [-0.39, 0.29) is 10.6 Å². The molecule has 0 radical (unpaired) electrons. The lowest BCUT2D eigenvalue weighted by atomic mass is 10.2. The van der Waals surface area contributed by atoms with E-state index in [0.29, 0.717) is 0 Å². The zero-order valence-corrected chi connectivity index (χ0v) is 17.1. The van der Waals surface area contributed by atoms with E-state index >= 15 is 0 Å². The Morgan fingerprint density at radius 1 is 0.833 bits per heavy atom. The van der Waals surface area contributed by atoms with Crippen LogP contribution in [0.25, 0.3) is 0 Å². The lowest BCUT2D eigenvalue weighted by Gasteiger charge is -2.11. The van der Waals surface area contributed by atoms with Gasteiger partial charge in [0.1, 0.15) is 0 Å². The Labute approximate surface area is 172 Å². The molecule has 0 aromatic heterocycles. The van der Waals surface area contributed by atoms with Crippen molar-refractivity contribution in [3.8, 4) is 5.75 Å². The van der Waals surface area contributed by atoms with Crippen LogP contribution < -0.4 is 4.74 Å². The molecule has 0 heterocycles. The predicted octanol–water partition coefficient (Wildman–Crippen LogP) is 3.20. The molecule has 0 spiro atoms. The van der Waals surface area contributed by atoms with E-state index in [1.165, 1.54) is 31.4 Å². The van der Waals surface area contributed by atoms with Gasteiger partial charge in [-0.25, -0.2) is 26.0 Å². The Morgan fingerprint density at radius 3 is 2.00 bits per heavy atom. The summed E-state index contributed by atoms with van der Waals surface area (Å²) in [5, 5.41) is 9.51. The van der Waals surface area contributed by atoms with E-state index in [2.05, 4.69) is 0 Å². The van der Waals surface area contributed by atoms with Crippen molar-refractivity contribution in [2.24, 2.45) is 0 Å². The molecular formula is C20H15FO7S2. The quantitative estimate of drug-likeness (QED) is 0.613. The molecule has 0 atom stereocenters. The number of aromatic carboxylic acids is 1. The van der Waals surface area contributed by atoms with Crippen LogP contribution in [-0.4, -0.2) is 35.0 Å². The SMILES string of the molecule is COc1ccc(S(=O)(=O)c2ccc(S(=O)(=O)c3ccccc3)c(C(=O)O)c2)cc1F. The number of carboxylic acid groups (broad SMARTS) is 1. The second-order valence-corrected chi connectivity index (χ2v) is 9.95. The molecule has 7 nitrogen and oxygen atoms in total. The number of halogens is 1. The summed E-state index contributed by atoms with van der Waals surface area (Å²) in [6.45, 7) is 0. The summed E-state index contributed by atoms with van der Waals surface area (Å²) in [5.74, 6) is -2.70.